The van der Waals surface area contributed by atoms with Gasteiger partial charge >= 0.3 is 5.97 Å². The first kappa shape index (κ1) is 23.4. The molecule has 3 saturated carbocycles. The third kappa shape index (κ3) is 4.26. The SMILES string of the molecule is CC(=O)O[C@H]1C=C[C@@]2(C)[C@@H](CC[C@@H]3[C@@H]2CC[C@]2(C)[C@@H]([C@H](C)CCCC(C)C)CC[C@@H]32)C1. The van der Waals surface area contributed by atoms with E-state index in [-0.39, 0.29) is 12.1 Å². The molecule has 9 atom stereocenters. The van der Waals surface area contributed by atoms with Gasteiger partial charge in [0, 0.05) is 6.92 Å². The van der Waals surface area contributed by atoms with Gasteiger partial charge in [0.25, 0.3) is 0 Å². The molecule has 31 heavy (non-hydrogen) atoms. The zero-order valence-electron chi connectivity index (χ0n) is 21.2. The number of hydrogen-bond donors (Lipinski definition) is 0. The Morgan fingerprint density at radius 3 is 2.52 bits per heavy atom. The molecule has 0 heterocycles. The summed E-state index contributed by atoms with van der Waals surface area (Å²) < 4.78 is 5.57. The minimum Gasteiger partial charge on any atom is -0.458 e. The summed E-state index contributed by atoms with van der Waals surface area (Å²) in [7, 11) is 0. The van der Waals surface area contributed by atoms with Crippen LogP contribution in [0, 0.1) is 52.3 Å². The Hall–Kier alpha value is -0.790. The van der Waals surface area contributed by atoms with Gasteiger partial charge in [-0.05, 0) is 103 Å². The van der Waals surface area contributed by atoms with Crippen LogP contribution in [-0.4, -0.2) is 12.1 Å². The second-order valence-electron chi connectivity index (χ2n) is 12.8. The van der Waals surface area contributed by atoms with Crippen LogP contribution >= 0.6 is 0 Å². The molecule has 0 bridgehead atoms. The Balaban J connectivity index is 1.46. The number of carbonyl (C=O) groups excluding carboxylic acids is 1. The predicted octanol–water partition coefficient (Wildman–Crippen LogP) is 7.82. The minimum absolute atomic E-state index is 0.00327. The van der Waals surface area contributed by atoms with E-state index in [1.165, 1.54) is 57.8 Å². The van der Waals surface area contributed by atoms with Gasteiger partial charge in [0.15, 0.2) is 0 Å². The van der Waals surface area contributed by atoms with Gasteiger partial charge in [-0.15, -0.1) is 0 Å². The third-order valence-electron chi connectivity index (χ3n) is 10.7. The Morgan fingerprint density at radius 2 is 1.81 bits per heavy atom. The van der Waals surface area contributed by atoms with E-state index in [9.17, 15) is 4.79 Å². The molecule has 0 aliphatic heterocycles. The van der Waals surface area contributed by atoms with Crippen molar-refractivity contribution in [2.75, 3.05) is 0 Å². The van der Waals surface area contributed by atoms with Crippen molar-refractivity contribution in [1.82, 2.24) is 0 Å². The highest BCUT2D eigenvalue weighted by Crippen LogP contribution is 2.67. The lowest BCUT2D eigenvalue weighted by Gasteiger charge is -2.59. The Kier molecular flexibility index (Phi) is 6.68. The largest absolute Gasteiger partial charge is 0.458 e. The van der Waals surface area contributed by atoms with Crippen molar-refractivity contribution in [2.24, 2.45) is 52.3 Å². The standard InChI is InChI=1S/C29H48O2/c1-19(2)8-7-9-20(3)25-12-13-26-24-11-10-22-18-23(31-21(4)30)14-16-28(22,5)27(24)15-17-29(25,26)6/h14,16,19-20,22-27H,7-13,15,17-18H2,1-6H3/t20-,22+,23+,24+,25-,26+,27+,28+,29-/m1/s1. The summed E-state index contributed by atoms with van der Waals surface area (Å²) in [5.74, 6) is 5.87. The summed E-state index contributed by atoms with van der Waals surface area (Å²) in [5, 5.41) is 0. The average Bonchev–Trinajstić information content (AvgIpc) is 3.05. The molecule has 0 spiro atoms. The summed E-state index contributed by atoms with van der Waals surface area (Å²) in [6.45, 7) is 14.1. The molecule has 0 N–H and O–H groups in total. The maximum Gasteiger partial charge on any atom is 0.303 e. The predicted molar refractivity (Wildman–Crippen MR) is 129 cm³/mol. The normalized spacial score (nSPS) is 45.0. The number of esters is 1. The van der Waals surface area contributed by atoms with Crippen LogP contribution in [0.15, 0.2) is 12.2 Å². The fraction of sp³-hybridized carbons (Fsp3) is 0.897. The molecule has 176 valence electrons. The van der Waals surface area contributed by atoms with E-state index in [1.54, 1.807) is 6.92 Å². The summed E-state index contributed by atoms with van der Waals surface area (Å²) in [5.41, 5.74) is 0.877. The van der Waals surface area contributed by atoms with E-state index in [2.05, 4.69) is 46.8 Å². The molecule has 0 radical (unpaired) electrons. The lowest BCUT2D eigenvalue weighted by molar-refractivity contribution is -0.147. The number of allylic oxidation sites excluding steroid dienone is 1. The molecule has 4 aliphatic rings. The van der Waals surface area contributed by atoms with Gasteiger partial charge in [0.2, 0.25) is 0 Å². The number of fused-ring (bicyclic) bond motifs is 5. The highest BCUT2D eigenvalue weighted by molar-refractivity contribution is 5.66. The van der Waals surface area contributed by atoms with Crippen LogP contribution in [0.1, 0.15) is 106 Å². The van der Waals surface area contributed by atoms with Crippen LogP contribution in [0.3, 0.4) is 0 Å². The molecule has 0 unspecified atom stereocenters. The maximum absolute atomic E-state index is 11.5. The maximum atomic E-state index is 11.5. The Bertz CT molecular complexity index is 680. The molecule has 0 aromatic heterocycles. The number of rotatable bonds is 6. The van der Waals surface area contributed by atoms with E-state index in [0.717, 1.165) is 41.9 Å². The zero-order valence-corrected chi connectivity index (χ0v) is 21.2. The summed E-state index contributed by atoms with van der Waals surface area (Å²) in [4.78, 5) is 11.5. The Labute approximate surface area is 192 Å². The number of carbonyl (C=O) groups is 1. The van der Waals surface area contributed by atoms with Crippen LogP contribution in [0.2, 0.25) is 0 Å². The number of ether oxygens (including phenoxy) is 1. The summed E-state index contributed by atoms with van der Waals surface area (Å²) in [6, 6.07) is 0. The summed E-state index contributed by atoms with van der Waals surface area (Å²) >= 11 is 0. The van der Waals surface area contributed by atoms with E-state index in [0.29, 0.717) is 16.7 Å². The first-order chi connectivity index (χ1) is 14.6. The van der Waals surface area contributed by atoms with Crippen molar-refractivity contribution in [3.05, 3.63) is 12.2 Å². The highest BCUT2D eigenvalue weighted by Gasteiger charge is 2.60. The van der Waals surface area contributed by atoms with Gasteiger partial charge in [-0.2, -0.15) is 0 Å². The van der Waals surface area contributed by atoms with E-state index in [4.69, 9.17) is 4.74 Å². The van der Waals surface area contributed by atoms with Gasteiger partial charge in [-0.25, -0.2) is 0 Å². The molecule has 2 heteroatoms. The van der Waals surface area contributed by atoms with Crippen molar-refractivity contribution in [3.8, 4) is 0 Å². The van der Waals surface area contributed by atoms with Gasteiger partial charge in [-0.3, -0.25) is 4.79 Å². The first-order valence-corrected chi connectivity index (χ1v) is 13.5. The van der Waals surface area contributed by atoms with Crippen LogP contribution in [0.5, 0.6) is 0 Å². The minimum atomic E-state index is -0.139. The van der Waals surface area contributed by atoms with E-state index < -0.39 is 0 Å². The molecule has 2 nitrogen and oxygen atoms in total. The molecule has 4 rings (SSSR count). The van der Waals surface area contributed by atoms with Crippen molar-refractivity contribution >= 4 is 5.97 Å². The van der Waals surface area contributed by atoms with Crippen molar-refractivity contribution in [3.63, 3.8) is 0 Å². The monoisotopic (exact) mass is 428 g/mol. The molecule has 0 aromatic rings. The lowest BCUT2D eigenvalue weighted by Crippen LogP contribution is -2.53. The van der Waals surface area contributed by atoms with E-state index in [1.807, 2.05) is 0 Å². The average molecular weight is 429 g/mol. The molecule has 4 aliphatic carbocycles. The highest BCUT2D eigenvalue weighted by atomic mass is 16.5. The molecule has 3 fully saturated rings. The molecule has 0 amide bonds. The fourth-order valence-corrected chi connectivity index (χ4v) is 9.10. The molecule has 0 saturated heterocycles. The van der Waals surface area contributed by atoms with Crippen LogP contribution in [-0.2, 0) is 9.53 Å². The van der Waals surface area contributed by atoms with Crippen LogP contribution < -0.4 is 0 Å². The van der Waals surface area contributed by atoms with Gasteiger partial charge < -0.3 is 4.74 Å². The molecule has 0 aromatic carbocycles. The Morgan fingerprint density at radius 1 is 1.03 bits per heavy atom. The van der Waals surface area contributed by atoms with Gasteiger partial charge in [0.05, 0.1) is 0 Å². The van der Waals surface area contributed by atoms with E-state index >= 15 is 0 Å². The second-order valence-corrected chi connectivity index (χ2v) is 12.8. The molecular weight excluding hydrogens is 380 g/mol. The van der Waals surface area contributed by atoms with Crippen LogP contribution in [0.25, 0.3) is 0 Å². The summed E-state index contributed by atoms with van der Waals surface area (Å²) in [6.07, 6.45) is 18.5. The first-order valence-electron chi connectivity index (χ1n) is 13.5. The lowest BCUT2D eigenvalue weighted by atomic mass is 9.45. The van der Waals surface area contributed by atoms with Crippen molar-refractivity contribution in [1.29, 1.82) is 0 Å². The zero-order chi connectivity index (χ0) is 22.4. The van der Waals surface area contributed by atoms with Gasteiger partial charge in [-0.1, -0.05) is 60.0 Å². The third-order valence-corrected chi connectivity index (χ3v) is 10.7. The van der Waals surface area contributed by atoms with Crippen LogP contribution in [0.4, 0.5) is 0 Å². The smallest absolute Gasteiger partial charge is 0.303 e. The van der Waals surface area contributed by atoms with Crippen molar-refractivity contribution in [2.45, 2.75) is 112 Å². The number of hydrogen-bond acceptors (Lipinski definition) is 2. The quantitative estimate of drug-likeness (QED) is 0.318. The van der Waals surface area contributed by atoms with Gasteiger partial charge in [0.1, 0.15) is 6.10 Å². The molecular formula is C29H48O2. The van der Waals surface area contributed by atoms with Crippen molar-refractivity contribution < 1.29 is 9.53 Å². The second kappa shape index (κ2) is 8.86. The fourth-order valence-electron chi connectivity index (χ4n) is 9.10. The topological polar surface area (TPSA) is 26.3 Å².